The predicted molar refractivity (Wildman–Crippen MR) is 86.0 cm³/mol. The first-order valence-electron chi connectivity index (χ1n) is 5.02. The van der Waals surface area contributed by atoms with Crippen LogP contribution in [0.25, 0.3) is 0 Å². The average molecular weight is 429 g/mol. The molecule has 0 bridgehead atoms. The lowest BCUT2D eigenvalue weighted by Gasteiger charge is -2.13. The van der Waals surface area contributed by atoms with Gasteiger partial charge in [-0.1, -0.05) is 55.1 Å². The minimum Gasteiger partial charge on any atom is -0.113 e. The van der Waals surface area contributed by atoms with Crippen LogP contribution in [-0.4, -0.2) is 0 Å². The summed E-state index contributed by atoms with van der Waals surface area (Å²) in [6, 6.07) is 11.2. The van der Waals surface area contributed by atoms with Crippen LogP contribution in [-0.2, 0) is 0 Å². The highest BCUT2D eigenvalue weighted by molar-refractivity contribution is 9.11. The van der Waals surface area contributed by atoms with E-state index in [0.29, 0.717) is 10.0 Å². The monoisotopic (exact) mass is 426 g/mol. The standard InChI is InChI=1S/C13H7Br2Cl3/c14-8-1-2-12(15)11(5-8)13(18)7-3-9(16)6-10(17)4-7/h1-6,13H. The second kappa shape index (κ2) is 6.15. The van der Waals surface area contributed by atoms with Gasteiger partial charge in [-0.15, -0.1) is 11.6 Å². The second-order valence-corrected chi connectivity index (χ2v) is 6.81. The van der Waals surface area contributed by atoms with Gasteiger partial charge in [0.15, 0.2) is 0 Å². The van der Waals surface area contributed by atoms with Crippen molar-refractivity contribution in [3.05, 3.63) is 66.5 Å². The topological polar surface area (TPSA) is 0 Å². The van der Waals surface area contributed by atoms with E-state index in [-0.39, 0.29) is 5.38 Å². The van der Waals surface area contributed by atoms with Crippen LogP contribution in [0, 0.1) is 0 Å². The lowest BCUT2D eigenvalue weighted by Crippen LogP contribution is -1.95. The molecule has 0 aliphatic carbocycles. The van der Waals surface area contributed by atoms with Crippen molar-refractivity contribution in [2.45, 2.75) is 5.38 Å². The number of hydrogen-bond acceptors (Lipinski definition) is 0. The molecule has 1 unspecified atom stereocenters. The lowest BCUT2D eigenvalue weighted by atomic mass is 10.0. The Labute approximate surface area is 137 Å². The van der Waals surface area contributed by atoms with Gasteiger partial charge in [-0.05, 0) is 47.5 Å². The second-order valence-electron chi connectivity index (χ2n) is 3.73. The first-order valence-corrected chi connectivity index (χ1v) is 7.80. The summed E-state index contributed by atoms with van der Waals surface area (Å²) < 4.78 is 1.92. The fraction of sp³-hybridized carbons (Fsp3) is 0.0769. The van der Waals surface area contributed by atoms with E-state index in [2.05, 4.69) is 31.9 Å². The van der Waals surface area contributed by atoms with Gasteiger partial charge in [0.1, 0.15) is 0 Å². The maximum atomic E-state index is 6.48. The highest BCUT2D eigenvalue weighted by Crippen LogP contribution is 2.37. The maximum absolute atomic E-state index is 6.48. The molecule has 0 spiro atoms. The third-order valence-corrected chi connectivity index (χ3v) is 4.55. The molecule has 18 heavy (non-hydrogen) atoms. The molecule has 1 atom stereocenters. The van der Waals surface area contributed by atoms with Gasteiger partial charge in [0, 0.05) is 19.0 Å². The highest BCUT2D eigenvalue weighted by atomic mass is 79.9. The normalized spacial score (nSPS) is 12.5. The highest BCUT2D eigenvalue weighted by Gasteiger charge is 2.15. The fourth-order valence-corrected chi connectivity index (χ4v) is 3.45. The van der Waals surface area contributed by atoms with Crippen LogP contribution in [0.3, 0.4) is 0 Å². The van der Waals surface area contributed by atoms with E-state index in [1.165, 1.54) is 0 Å². The van der Waals surface area contributed by atoms with Gasteiger partial charge in [-0.25, -0.2) is 0 Å². The summed E-state index contributed by atoms with van der Waals surface area (Å²) in [4.78, 5) is 0. The van der Waals surface area contributed by atoms with Gasteiger partial charge in [-0.3, -0.25) is 0 Å². The number of benzene rings is 2. The van der Waals surface area contributed by atoms with Crippen LogP contribution in [0.4, 0.5) is 0 Å². The van der Waals surface area contributed by atoms with E-state index >= 15 is 0 Å². The van der Waals surface area contributed by atoms with Crippen LogP contribution >= 0.6 is 66.7 Å². The average Bonchev–Trinajstić information content (AvgIpc) is 2.30. The number of hydrogen-bond donors (Lipinski definition) is 0. The molecule has 0 N–H and O–H groups in total. The molecule has 94 valence electrons. The van der Waals surface area contributed by atoms with Crippen molar-refractivity contribution in [1.82, 2.24) is 0 Å². The molecular weight excluding hydrogens is 422 g/mol. The van der Waals surface area contributed by atoms with Gasteiger partial charge in [-0.2, -0.15) is 0 Å². The first kappa shape index (κ1) is 14.7. The first-order chi connectivity index (χ1) is 8.47. The molecule has 0 aromatic heterocycles. The Balaban J connectivity index is 2.47. The predicted octanol–water partition coefficient (Wildman–Crippen LogP) is 6.85. The lowest BCUT2D eigenvalue weighted by molar-refractivity contribution is 1.13. The summed E-state index contributed by atoms with van der Waals surface area (Å²) >= 11 is 25.4. The summed E-state index contributed by atoms with van der Waals surface area (Å²) in [7, 11) is 0. The molecule has 0 aliphatic heterocycles. The van der Waals surface area contributed by atoms with Crippen molar-refractivity contribution in [3.8, 4) is 0 Å². The maximum Gasteiger partial charge on any atom is 0.0847 e. The number of rotatable bonds is 2. The van der Waals surface area contributed by atoms with Gasteiger partial charge in [0.2, 0.25) is 0 Å². The van der Waals surface area contributed by atoms with Gasteiger partial charge < -0.3 is 0 Å². The molecule has 0 amide bonds. The molecule has 2 aromatic carbocycles. The Morgan fingerprint density at radius 2 is 1.50 bits per heavy atom. The Morgan fingerprint density at radius 1 is 0.889 bits per heavy atom. The molecule has 0 heterocycles. The minimum absolute atomic E-state index is 0.312. The van der Waals surface area contributed by atoms with Crippen molar-refractivity contribution < 1.29 is 0 Å². The molecule has 2 rings (SSSR count). The van der Waals surface area contributed by atoms with Crippen LogP contribution in [0.5, 0.6) is 0 Å². The van der Waals surface area contributed by atoms with Gasteiger partial charge in [0.05, 0.1) is 5.38 Å². The largest absolute Gasteiger partial charge is 0.113 e. The molecule has 0 nitrogen and oxygen atoms in total. The van der Waals surface area contributed by atoms with Crippen molar-refractivity contribution in [1.29, 1.82) is 0 Å². The zero-order chi connectivity index (χ0) is 13.3. The molecule has 0 aliphatic rings. The summed E-state index contributed by atoms with van der Waals surface area (Å²) in [6.07, 6.45) is 0. The van der Waals surface area contributed by atoms with Gasteiger partial charge in [0.25, 0.3) is 0 Å². The molecule has 0 fully saturated rings. The van der Waals surface area contributed by atoms with E-state index in [1.54, 1.807) is 6.07 Å². The third kappa shape index (κ3) is 3.43. The smallest absolute Gasteiger partial charge is 0.0847 e. The quantitative estimate of drug-likeness (QED) is 0.458. The summed E-state index contributed by atoms with van der Waals surface area (Å²) in [6.45, 7) is 0. The molecule has 0 saturated heterocycles. The van der Waals surface area contributed by atoms with Crippen LogP contribution in [0.15, 0.2) is 45.3 Å². The van der Waals surface area contributed by atoms with E-state index in [0.717, 1.165) is 20.1 Å². The summed E-state index contributed by atoms with van der Waals surface area (Å²) in [5.74, 6) is 0. The van der Waals surface area contributed by atoms with Crippen molar-refractivity contribution in [2.75, 3.05) is 0 Å². The molecular formula is C13H7Br2Cl3. The van der Waals surface area contributed by atoms with E-state index in [1.807, 2.05) is 30.3 Å². The summed E-state index contributed by atoms with van der Waals surface area (Å²) in [5.41, 5.74) is 1.83. The number of halogens is 5. The molecule has 5 heteroatoms. The van der Waals surface area contributed by atoms with Crippen LogP contribution < -0.4 is 0 Å². The Hall–Kier alpha value is 0.270. The zero-order valence-corrected chi connectivity index (χ0v) is 14.4. The Bertz CT molecular complexity index is 564. The zero-order valence-electron chi connectivity index (χ0n) is 8.93. The fourth-order valence-electron chi connectivity index (χ4n) is 1.61. The molecule has 2 aromatic rings. The van der Waals surface area contributed by atoms with Crippen molar-refractivity contribution in [2.24, 2.45) is 0 Å². The van der Waals surface area contributed by atoms with Crippen molar-refractivity contribution in [3.63, 3.8) is 0 Å². The van der Waals surface area contributed by atoms with E-state index in [4.69, 9.17) is 34.8 Å². The third-order valence-electron chi connectivity index (χ3n) is 2.41. The van der Waals surface area contributed by atoms with Crippen molar-refractivity contribution >= 4 is 66.7 Å². The molecule has 0 saturated carbocycles. The number of alkyl halides is 1. The SMILES string of the molecule is Clc1cc(Cl)cc(C(Cl)c2cc(Br)ccc2Br)c1. The summed E-state index contributed by atoms with van der Waals surface area (Å²) in [5, 5.41) is 0.844. The minimum atomic E-state index is -0.312. The molecule has 0 radical (unpaired) electrons. The van der Waals surface area contributed by atoms with Crippen LogP contribution in [0.2, 0.25) is 10.0 Å². The Morgan fingerprint density at radius 3 is 2.11 bits per heavy atom. The Kier molecular flexibility index (Phi) is 5.01. The van der Waals surface area contributed by atoms with E-state index < -0.39 is 0 Å². The van der Waals surface area contributed by atoms with Crippen LogP contribution in [0.1, 0.15) is 16.5 Å². The van der Waals surface area contributed by atoms with Gasteiger partial charge >= 0.3 is 0 Å². The van der Waals surface area contributed by atoms with E-state index in [9.17, 15) is 0 Å².